The van der Waals surface area contributed by atoms with Crippen LogP contribution in [0.2, 0.25) is 0 Å². The van der Waals surface area contributed by atoms with E-state index >= 15 is 0 Å². The molecule has 1 aliphatic heterocycles. The van der Waals surface area contributed by atoms with Crippen LogP contribution in [0.15, 0.2) is 34.3 Å². The second kappa shape index (κ2) is 6.82. The van der Waals surface area contributed by atoms with Gasteiger partial charge in [-0.05, 0) is 43.5 Å². The number of hydrogen-bond acceptors (Lipinski definition) is 7. The number of nitrogens with zero attached hydrogens (tertiary/aromatic N) is 3. The fourth-order valence-corrected chi connectivity index (χ4v) is 5.24. The van der Waals surface area contributed by atoms with Crippen molar-refractivity contribution >= 4 is 41.0 Å². The Morgan fingerprint density at radius 1 is 1.31 bits per heavy atom. The van der Waals surface area contributed by atoms with Crippen LogP contribution in [-0.2, 0) is 11.2 Å². The zero-order valence-corrected chi connectivity index (χ0v) is 15.5. The first kappa shape index (κ1) is 17.2. The summed E-state index contributed by atoms with van der Waals surface area (Å²) in [6.07, 6.45) is 3.09. The molecule has 2 N–H and O–H groups in total. The van der Waals surface area contributed by atoms with Gasteiger partial charge in [0.1, 0.15) is 10.6 Å². The summed E-state index contributed by atoms with van der Waals surface area (Å²) in [6, 6.07) is 9.28. The lowest BCUT2D eigenvalue weighted by Crippen LogP contribution is -2.42. The van der Waals surface area contributed by atoms with Gasteiger partial charge in [-0.3, -0.25) is 4.79 Å². The number of thioether (sulfide) groups is 2. The van der Waals surface area contributed by atoms with Crippen LogP contribution >= 0.6 is 23.5 Å². The molecule has 0 amide bonds. The quantitative estimate of drug-likeness (QED) is 0.750. The normalized spacial score (nSPS) is 17.0. The zero-order chi connectivity index (χ0) is 18.1. The molecular formula is C18H16N4O2S2. The first-order valence-electron chi connectivity index (χ1n) is 8.33. The Morgan fingerprint density at radius 3 is 2.69 bits per heavy atom. The number of carboxylic acids is 1. The number of aliphatic carboxylic acids is 1. The zero-order valence-electron chi connectivity index (χ0n) is 13.9. The van der Waals surface area contributed by atoms with Crippen molar-refractivity contribution in [1.82, 2.24) is 9.97 Å². The van der Waals surface area contributed by atoms with E-state index in [4.69, 9.17) is 5.26 Å². The highest BCUT2D eigenvalue weighted by molar-refractivity contribution is 8.01. The number of nitrogens with one attached hydrogen (secondary N) is 1. The average Bonchev–Trinajstić information content (AvgIpc) is 3.07. The van der Waals surface area contributed by atoms with Crippen molar-refractivity contribution in [3.8, 4) is 6.07 Å². The first-order valence-corrected chi connectivity index (χ1v) is 10.1. The molecule has 0 unspecified atom stereocenters. The lowest BCUT2D eigenvalue weighted by Gasteiger charge is -2.36. The molecule has 1 saturated carbocycles. The van der Waals surface area contributed by atoms with Crippen LogP contribution in [0, 0.1) is 11.3 Å². The molecule has 6 nitrogen and oxygen atoms in total. The SMILES string of the molecule is N#Cc1ccc(Nc2nc(SC3(C(=O)O)CCC3)nc3c2SCC3)cc1. The van der Waals surface area contributed by atoms with Crippen molar-refractivity contribution in [1.29, 1.82) is 5.26 Å². The van der Waals surface area contributed by atoms with Gasteiger partial charge in [-0.1, -0.05) is 11.8 Å². The van der Waals surface area contributed by atoms with Gasteiger partial charge in [0.05, 0.1) is 22.2 Å². The molecular weight excluding hydrogens is 368 g/mol. The van der Waals surface area contributed by atoms with Gasteiger partial charge in [0.2, 0.25) is 0 Å². The van der Waals surface area contributed by atoms with E-state index in [1.807, 2.05) is 12.1 Å². The fraction of sp³-hybridized carbons (Fsp3) is 0.333. The minimum atomic E-state index is -0.786. The van der Waals surface area contributed by atoms with Crippen molar-refractivity contribution < 1.29 is 9.90 Å². The third kappa shape index (κ3) is 3.13. The summed E-state index contributed by atoms with van der Waals surface area (Å²) in [4.78, 5) is 21.9. The number of carbonyl (C=O) groups is 1. The minimum Gasteiger partial charge on any atom is -0.480 e. The van der Waals surface area contributed by atoms with Gasteiger partial charge in [-0.2, -0.15) is 5.26 Å². The summed E-state index contributed by atoms with van der Waals surface area (Å²) in [5, 5.41) is 22.3. The Bertz CT molecular complexity index is 905. The molecule has 0 saturated heterocycles. The molecule has 4 rings (SSSR count). The van der Waals surface area contributed by atoms with Crippen molar-refractivity contribution in [2.45, 2.75) is 40.5 Å². The molecule has 1 aromatic carbocycles. The number of anilines is 2. The van der Waals surface area contributed by atoms with Crippen LogP contribution in [0.5, 0.6) is 0 Å². The van der Waals surface area contributed by atoms with Crippen molar-refractivity contribution in [2.24, 2.45) is 0 Å². The lowest BCUT2D eigenvalue weighted by atomic mass is 9.84. The van der Waals surface area contributed by atoms with Crippen molar-refractivity contribution in [3.05, 3.63) is 35.5 Å². The standard InChI is InChI=1S/C18H16N4O2S2/c19-10-11-2-4-12(5-3-11)20-15-14-13(6-9-25-14)21-17(22-15)26-18(16(23)24)7-1-8-18/h2-5H,1,6-9H2,(H,23,24)(H,20,21,22). The molecule has 1 fully saturated rings. The van der Waals surface area contributed by atoms with Gasteiger partial charge in [-0.25, -0.2) is 9.97 Å². The first-order chi connectivity index (χ1) is 12.6. The largest absolute Gasteiger partial charge is 0.480 e. The van der Waals surface area contributed by atoms with Gasteiger partial charge in [-0.15, -0.1) is 11.8 Å². The molecule has 0 bridgehead atoms. The lowest BCUT2D eigenvalue weighted by molar-refractivity contribution is -0.142. The molecule has 2 aliphatic rings. The van der Waals surface area contributed by atoms with E-state index in [-0.39, 0.29) is 0 Å². The predicted molar refractivity (Wildman–Crippen MR) is 101 cm³/mol. The van der Waals surface area contributed by atoms with Crippen LogP contribution in [0.1, 0.15) is 30.5 Å². The maximum atomic E-state index is 11.7. The highest BCUT2D eigenvalue weighted by Crippen LogP contribution is 2.48. The molecule has 0 atom stereocenters. The monoisotopic (exact) mass is 384 g/mol. The summed E-state index contributed by atoms with van der Waals surface area (Å²) < 4.78 is -0.786. The maximum Gasteiger partial charge on any atom is 0.320 e. The van der Waals surface area contributed by atoms with E-state index < -0.39 is 10.7 Å². The van der Waals surface area contributed by atoms with Gasteiger partial charge in [0.25, 0.3) is 0 Å². The molecule has 26 heavy (non-hydrogen) atoms. The predicted octanol–water partition coefficient (Wildman–Crippen LogP) is 3.84. The molecule has 1 aliphatic carbocycles. The summed E-state index contributed by atoms with van der Waals surface area (Å²) in [7, 11) is 0. The van der Waals surface area contributed by atoms with Crippen molar-refractivity contribution in [2.75, 3.05) is 11.1 Å². The summed E-state index contributed by atoms with van der Waals surface area (Å²) in [5.74, 6) is 0.878. The van der Waals surface area contributed by atoms with E-state index in [2.05, 4.69) is 21.4 Å². The Labute approximate surface area is 159 Å². The Hall–Kier alpha value is -2.24. The minimum absolute atomic E-state index is 0.518. The van der Waals surface area contributed by atoms with Gasteiger partial charge in [0.15, 0.2) is 5.16 Å². The molecule has 8 heteroatoms. The maximum absolute atomic E-state index is 11.7. The number of aromatic nitrogens is 2. The van der Waals surface area contributed by atoms with E-state index in [9.17, 15) is 9.90 Å². The average molecular weight is 384 g/mol. The summed E-state index contributed by atoms with van der Waals surface area (Å²) in [5.41, 5.74) is 2.41. The number of nitriles is 1. The third-order valence-corrected chi connectivity index (χ3v) is 7.08. The van der Waals surface area contributed by atoms with Gasteiger partial charge < -0.3 is 10.4 Å². The second-order valence-corrected chi connectivity index (χ2v) is 8.75. The molecule has 0 spiro atoms. The van der Waals surface area contributed by atoms with E-state index in [1.54, 1.807) is 23.9 Å². The number of aryl methyl sites for hydroxylation is 1. The van der Waals surface area contributed by atoms with Gasteiger partial charge >= 0.3 is 5.97 Å². The fourth-order valence-electron chi connectivity index (χ4n) is 2.97. The number of benzene rings is 1. The van der Waals surface area contributed by atoms with E-state index in [0.717, 1.165) is 34.9 Å². The summed E-state index contributed by atoms with van der Waals surface area (Å²) >= 11 is 2.98. The summed E-state index contributed by atoms with van der Waals surface area (Å²) in [6.45, 7) is 0. The number of fused-ring (bicyclic) bond motifs is 1. The van der Waals surface area contributed by atoms with Crippen LogP contribution < -0.4 is 5.32 Å². The smallest absolute Gasteiger partial charge is 0.320 e. The molecule has 0 radical (unpaired) electrons. The molecule has 132 valence electrons. The Kier molecular flexibility index (Phi) is 4.51. The van der Waals surface area contributed by atoms with E-state index in [0.29, 0.717) is 29.4 Å². The van der Waals surface area contributed by atoms with Crippen LogP contribution in [0.25, 0.3) is 0 Å². The topological polar surface area (TPSA) is 98.9 Å². The Morgan fingerprint density at radius 2 is 2.08 bits per heavy atom. The molecule has 2 aromatic rings. The second-order valence-electron chi connectivity index (χ2n) is 6.30. The Balaban J connectivity index is 1.64. The number of hydrogen-bond donors (Lipinski definition) is 2. The number of carboxylic acid groups (broad SMARTS) is 1. The van der Waals surface area contributed by atoms with Crippen LogP contribution in [-0.4, -0.2) is 31.5 Å². The van der Waals surface area contributed by atoms with Crippen molar-refractivity contribution in [3.63, 3.8) is 0 Å². The van der Waals surface area contributed by atoms with Crippen LogP contribution in [0.3, 0.4) is 0 Å². The molecule has 1 aromatic heterocycles. The number of rotatable bonds is 5. The highest BCUT2D eigenvalue weighted by atomic mass is 32.2. The highest BCUT2D eigenvalue weighted by Gasteiger charge is 2.46. The van der Waals surface area contributed by atoms with E-state index in [1.165, 1.54) is 11.8 Å². The third-order valence-electron chi connectivity index (χ3n) is 4.61. The molecule has 2 heterocycles. The van der Waals surface area contributed by atoms with Gasteiger partial charge in [0, 0.05) is 17.9 Å². The van der Waals surface area contributed by atoms with Crippen LogP contribution in [0.4, 0.5) is 11.5 Å².